The lowest BCUT2D eigenvalue weighted by atomic mass is 9.80. The third-order valence-corrected chi connectivity index (χ3v) is 3.74. The first-order valence-corrected chi connectivity index (χ1v) is 6.04. The molecule has 0 bridgehead atoms. The normalized spacial score (nSPS) is 27.4. The number of ether oxygens (including phenoxy) is 2. The molecular formula is C12H18N2O3. The molecule has 2 aliphatic rings. The first kappa shape index (κ1) is 12.3. The van der Waals surface area contributed by atoms with E-state index in [1.807, 2.05) is 0 Å². The van der Waals surface area contributed by atoms with Crippen LogP contribution in [0, 0.1) is 16.7 Å². The Kier molecular flexibility index (Phi) is 3.65. The van der Waals surface area contributed by atoms with Crippen molar-refractivity contribution in [3.05, 3.63) is 0 Å². The Hall–Kier alpha value is -1.12. The second-order valence-corrected chi connectivity index (χ2v) is 4.74. The maximum absolute atomic E-state index is 12.4. The molecule has 94 valence electrons. The Morgan fingerprint density at radius 1 is 1.35 bits per heavy atom. The summed E-state index contributed by atoms with van der Waals surface area (Å²) < 4.78 is 10.5. The number of rotatable bonds is 2. The Balaban J connectivity index is 2.08. The second-order valence-electron chi connectivity index (χ2n) is 4.74. The molecular weight excluding hydrogens is 220 g/mol. The van der Waals surface area contributed by atoms with Gasteiger partial charge in [-0.25, -0.2) is 0 Å². The molecule has 0 aromatic rings. The van der Waals surface area contributed by atoms with Crippen molar-refractivity contribution in [3.63, 3.8) is 0 Å². The van der Waals surface area contributed by atoms with Crippen LogP contribution in [0.2, 0.25) is 0 Å². The highest BCUT2D eigenvalue weighted by Gasteiger charge is 2.43. The van der Waals surface area contributed by atoms with E-state index in [-0.39, 0.29) is 11.9 Å². The minimum Gasteiger partial charge on any atom is -0.381 e. The lowest BCUT2D eigenvalue weighted by Crippen LogP contribution is -2.48. The van der Waals surface area contributed by atoms with Crippen LogP contribution in [0.4, 0.5) is 0 Å². The van der Waals surface area contributed by atoms with Crippen molar-refractivity contribution in [2.45, 2.75) is 25.3 Å². The van der Waals surface area contributed by atoms with Crippen molar-refractivity contribution < 1.29 is 14.3 Å². The van der Waals surface area contributed by atoms with E-state index in [1.165, 1.54) is 0 Å². The number of nitriles is 1. The lowest BCUT2D eigenvalue weighted by Gasteiger charge is -2.35. The van der Waals surface area contributed by atoms with Crippen molar-refractivity contribution >= 4 is 5.91 Å². The number of nitrogens with zero attached hydrogens (tertiary/aromatic N) is 2. The predicted octanol–water partition coefficient (Wildman–Crippen LogP) is 0.554. The first-order valence-electron chi connectivity index (χ1n) is 6.04. The van der Waals surface area contributed by atoms with E-state index < -0.39 is 5.41 Å². The van der Waals surface area contributed by atoms with Crippen LogP contribution in [0.1, 0.15) is 19.3 Å². The van der Waals surface area contributed by atoms with Crippen LogP contribution < -0.4 is 0 Å². The van der Waals surface area contributed by atoms with Crippen molar-refractivity contribution in [3.8, 4) is 6.07 Å². The summed E-state index contributed by atoms with van der Waals surface area (Å²) in [6, 6.07) is 2.33. The second kappa shape index (κ2) is 5.03. The number of carbonyl (C=O) groups is 1. The molecule has 0 spiro atoms. The maximum Gasteiger partial charge on any atom is 0.243 e. The Bertz CT molecular complexity index is 325. The van der Waals surface area contributed by atoms with E-state index in [0.717, 1.165) is 6.42 Å². The van der Waals surface area contributed by atoms with Crippen LogP contribution in [-0.2, 0) is 14.3 Å². The van der Waals surface area contributed by atoms with Gasteiger partial charge in [0.1, 0.15) is 5.41 Å². The van der Waals surface area contributed by atoms with E-state index in [9.17, 15) is 10.1 Å². The molecule has 0 radical (unpaired) electrons. The monoisotopic (exact) mass is 238 g/mol. The zero-order valence-corrected chi connectivity index (χ0v) is 10.1. The van der Waals surface area contributed by atoms with Gasteiger partial charge in [-0.1, -0.05) is 0 Å². The zero-order valence-electron chi connectivity index (χ0n) is 10.1. The van der Waals surface area contributed by atoms with Gasteiger partial charge in [-0.3, -0.25) is 4.79 Å². The van der Waals surface area contributed by atoms with E-state index in [4.69, 9.17) is 9.47 Å². The highest BCUT2D eigenvalue weighted by atomic mass is 16.5. The molecule has 0 aliphatic carbocycles. The van der Waals surface area contributed by atoms with Gasteiger partial charge in [0.2, 0.25) is 5.91 Å². The molecule has 0 aromatic carbocycles. The maximum atomic E-state index is 12.4. The highest BCUT2D eigenvalue weighted by Crippen LogP contribution is 2.32. The molecule has 17 heavy (non-hydrogen) atoms. The van der Waals surface area contributed by atoms with Gasteiger partial charge >= 0.3 is 0 Å². The molecule has 0 aromatic heterocycles. The van der Waals surface area contributed by atoms with Gasteiger partial charge in [0, 0.05) is 26.9 Å². The number of hydrogen-bond donors (Lipinski definition) is 0. The number of hydrogen-bond acceptors (Lipinski definition) is 4. The quantitative estimate of drug-likeness (QED) is 0.705. The molecule has 2 heterocycles. The molecule has 0 N–H and O–H groups in total. The summed E-state index contributed by atoms with van der Waals surface area (Å²) in [5, 5.41) is 9.32. The van der Waals surface area contributed by atoms with Crippen LogP contribution in [0.5, 0.6) is 0 Å². The fourth-order valence-corrected chi connectivity index (χ4v) is 2.42. The van der Waals surface area contributed by atoms with Crippen molar-refractivity contribution in [2.75, 3.05) is 33.5 Å². The molecule has 1 amide bonds. The first-order chi connectivity index (χ1) is 8.19. The standard InChI is InChI=1S/C12H18N2O3/c1-14(10-2-5-17-8-10)11(15)12(9-13)3-6-16-7-4-12/h10H,2-8H2,1H3. The van der Waals surface area contributed by atoms with Crippen LogP contribution >= 0.6 is 0 Å². The summed E-state index contributed by atoms with van der Waals surface area (Å²) in [7, 11) is 1.77. The molecule has 2 aliphatic heterocycles. The average molecular weight is 238 g/mol. The third kappa shape index (κ3) is 2.28. The summed E-state index contributed by atoms with van der Waals surface area (Å²) in [4.78, 5) is 14.1. The molecule has 2 fully saturated rings. The minimum atomic E-state index is -0.879. The summed E-state index contributed by atoms with van der Waals surface area (Å²) >= 11 is 0. The van der Waals surface area contributed by atoms with Crippen molar-refractivity contribution in [1.82, 2.24) is 4.90 Å². The van der Waals surface area contributed by atoms with Gasteiger partial charge < -0.3 is 14.4 Å². The SMILES string of the molecule is CN(C(=O)C1(C#N)CCOCC1)C1CCOC1. The van der Waals surface area contributed by atoms with Crippen LogP contribution in [0.25, 0.3) is 0 Å². The molecule has 1 unspecified atom stereocenters. The third-order valence-electron chi connectivity index (χ3n) is 3.74. The van der Waals surface area contributed by atoms with Crippen molar-refractivity contribution in [2.24, 2.45) is 5.41 Å². The van der Waals surface area contributed by atoms with Gasteiger partial charge in [-0.2, -0.15) is 5.26 Å². The van der Waals surface area contributed by atoms with Gasteiger partial charge in [0.25, 0.3) is 0 Å². The largest absolute Gasteiger partial charge is 0.381 e. The van der Waals surface area contributed by atoms with Gasteiger partial charge in [0.15, 0.2) is 0 Å². The molecule has 2 saturated heterocycles. The van der Waals surface area contributed by atoms with E-state index in [0.29, 0.717) is 39.3 Å². The van der Waals surface area contributed by atoms with Gasteiger partial charge in [-0.05, 0) is 19.3 Å². The summed E-state index contributed by atoms with van der Waals surface area (Å²) in [6.07, 6.45) is 1.86. The Morgan fingerprint density at radius 3 is 2.59 bits per heavy atom. The van der Waals surface area contributed by atoms with Crippen LogP contribution in [0.15, 0.2) is 0 Å². The minimum absolute atomic E-state index is 0.0706. The molecule has 2 rings (SSSR count). The number of amides is 1. The molecule has 5 nitrogen and oxygen atoms in total. The van der Waals surface area contributed by atoms with Crippen LogP contribution in [-0.4, -0.2) is 50.3 Å². The highest BCUT2D eigenvalue weighted by molar-refractivity contribution is 5.85. The molecule has 5 heteroatoms. The summed E-state index contributed by atoms with van der Waals surface area (Å²) in [5.41, 5.74) is -0.879. The van der Waals surface area contributed by atoms with E-state index in [2.05, 4.69) is 6.07 Å². The fraction of sp³-hybridized carbons (Fsp3) is 0.833. The average Bonchev–Trinajstić information content (AvgIpc) is 2.91. The van der Waals surface area contributed by atoms with Gasteiger partial charge in [0.05, 0.1) is 18.7 Å². The van der Waals surface area contributed by atoms with E-state index in [1.54, 1.807) is 11.9 Å². The Morgan fingerprint density at radius 2 is 2.06 bits per heavy atom. The van der Waals surface area contributed by atoms with Gasteiger partial charge in [-0.15, -0.1) is 0 Å². The number of likely N-dealkylation sites (N-methyl/N-ethyl adjacent to an activating group) is 1. The van der Waals surface area contributed by atoms with Crippen molar-refractivity contribution in [1.29, 1.82) is 5.26 Å². The molecule has 1 atom stereocenters. The number of carbonyl (C=O) groups excluding carboxylic acids is 1. The Labute approximate surface area is 101 Å². The zero-order chi connectivity index (χ0) is 12.3. The summed E-state index contributed by atoms with van der Waals surface area (Å²) in [6.45, 7) is 2.27. The fourth-order valence-electron chi connectivity index (χ4n) is 2.42. The smallest absolute Gasteiger partial charge is 0.243 e. The lowest BCUT2D eigenvalue weighted by molar-refractivity contribution is -0.144. The molecule has 0 saturated carbocycles. The predicted molar refractivity (Wildman–Crippen MR) is 60.1 cm³/mol. The van der Waals surface area contributed by atoms with Crippen LogP contribution in [0.3, 0.4) is 0 Å². The summed E-state index contributed by atoms with van der Waals surface area (Å²) in [5.74, 6) is -0.0706. The topological polar surface area (TPSA) is 62.6 Å². The van der Waals surface area contributed by atoms with E-state index >= 15 is 0 Å².